The second kappa shape index (κ2) is 7.30. The zero-order valence-corrected chi connectivity index (χ0v) is 17.1. The highest BCUT2D eigenvalue weighted by Crippen LogP contribution is 2.20. The Balaban J connectivity index is 1.52. The van der Waals surface area contributed by atoms with E-state index in [0.717, 1.165) is 22.8 Å². The van der Waals surface area contributed by atoms with E-state index in [-0.39, 0.29) is 0 Å². The number of fused-ring (bicyclic) bond motifs is 1. The number of nitrogens with zero attached hydrogens (tertiary/aromatic N) is 5. The molecule has 8 heteroatoms. The smallest absolute Gasteiger partial charge is 0.225 e. The molecule has 0 bridgehead atoms. The Morgan fingerprint density at radius 3 is 2.56 bits per heavy atom. The van der Waals surface area contributed by atoms with Crippen molar-refractivity contribution < 1.29 is 4.90 Å². The summed E-state index contributed by atoms with van der Waals surface area (Å²) in [6, 6.07) is 14.5. The molecular weight excluding hydrogens is 376 g/mol. The minimum absolute atomic E-state index is 0.601. The number of thiazole rings is 1. The Morgan fingerprint density at radius 1 is 1.07 bits per heavy atom. The molecule has 0 radical (unpaired) electrons. The molecule has 0 aliphatic heterocycles. The number of aryl methyl sites for hydroxylation is 2. The second-order valence-corrected chi connectivity index (χ2v) is 8.37. The molecule has 0 spiro atoms. The van der Waals surface area contributed by atoms with E-state index in [1.165, 1.54) is 20.7 Å². The van der Waals surface area contributed by atoms with E-state index in [9.17, 15) is 0 Å². The first kappa shape index (κ1) is 18.0. The highest BCUT2D eigenvalue weighted by molar-refractivity contribution is 7.71. The van der Waals surface area contributed by atoms with Gasteiger partial charge in [-0.1, -0.05) is 18.2 Å². The fourth-order valence-corrected chi connectivity index (χ4v) is 4.50. The van der Waals surface area contributed by atoms with E-state index in [4.69, 9.17) is 17.2 Å². The van der Waals surface area contributed by atoms with Crippen molar-refractivity contribution in [2.45, 2.75) is 27.1 Å². The third-order valence-corrected chi connectivity index (χ3v) is 5.72. The molecule has 27 heavy (non-hydrogen) atoms. The quantitative estimate of drug-likeness (QED) is 0.526. The molecule has 0 amide bonds. The van der Waals surface area contributed by atoms with Crippen molar-refractivity contribution >= 4 is 33.8 Å². The number of tetrazole rings is 1. The third-order valence-electron chi connectivity index (χ3n) is 4.30. The number of quaternary nitrogens is 1. The number of hydrogen-bond donors (Lipinski definition) is 1. The number of rotatable bonds is 5. The average molecular weight is 398 g/mol. The summed E-state index contributed by atoms with van der Waals surface area (Å²) in [5.74, 6) is 0. The molecule has 2 aromatic heterocycles. The average Bonchev–Trinajstić information content (AvgIpc) is 3.17. The zero-order chi connectivity index (χ0) is 19.0. The lowest BCUT2D eigenvalue weighted by Gasteiger charge is -2.11. The molecule has 4 aromatic rings. The monoisotopic (exact) mass is 397 g/mol. The summed E-state index contributed by atoms with van der Waals surface area (Å²) >= 11 is 7.34. The van der Waals surface area contributed by atoms with Gasteiger partial charge in [0.25, 0.3) is 0 Å². The van der Waals surface area contributed by atoms with Gasteiger partial charge >= 0.3 is 0 Å². The molecule has 1 N–H and O–H groups in total. The van der Waals surface area contributed by atoms with Crippen molar-refractivity contribution in [2.75, 3.05) is 7.05 Å². The molecule has 6 nitrogen and oxygen atoms in total. The Kier molecular flexibility index (Phi) is 4.86. The van der Waals surface area contributed by atoms with Crippen LogP contribution in [0.5, 0.6) is 0 Å². The Hall–Kier alpha value is -2.42. The summed E-state index contributed by atoms with van der Waals surface area (Å²) in [7, 11) is 2.11. The van der Waals surface area contributed by atoms with Crippen LogP contribution in [0.15, 0.2) is 42.5 Å². The zero-order valence-electron chi connectivity index (χ0n) is 15.5. The molecule has 0 saturated heterocycles. The number of benzene rings is 2. The van der Waals surface area contributed by atoms with Crippen molar-refractivity contribution in [3.8, 4) is 5.69 Å². The van der Waals surface area contributed by atoms with Crippen LogP contribution in [0.25, 0.3) is 15.9 Å². The molecule has 2 heterocycles. The van der Waals surface area contributed by atoms with Gasteiger partial charge in [0.1, 0.15) is 11.6 Å². The van der Waals surface area contributed by atoms with Gasteiger partial charge in [0.05, 0.1) is 23.0 Å². The van der Waals surface area contributed by atoms with E-state index >= 15 is 0 Å². The summed E-state index contributed by atoms with van der Waals surface area (Å²) in [6.07, 6.45) is 0. The van der Waals surface area contributed by atoms with Crippen LogP contribution in [0.1, 0.15) is 16.1 Å². The van der Waals surface area contributed by atoms with Gasteiger partial charge in [-0.25, -0.2) is 4.98 Å². The van der Waals surface area contributed by atoms with Crippen LogP contribution < -0.4 is 4.90 Å². The van der Waals surface area contributed by atoms with Crippen molar-refractivity contribution in [1.82, 2.24) is 24.8 Å². The second-order valence-electron chi connectivity index (χ2n) is 6.89. The molecule has 1 atom stereocenters. The van der Waals surface area contributed by atoms with Crippen LogP contribution in [0, 0.1) is 18.6 Å². The lowest BCUT2D eigenvalue weighted by atomic mass is 10.1. The maximum atomic E-state index is 5.60. The molecule has 138 valence electrons. The fraction of sp³-hybridized carbons (Fsp3) is 0.263. The molecule has 0 saturated carbocycles. The van der Waals surface area contributed by atoms with Crippen molar-refractivity contribution in [1.29, 1.82) is 0 Å². The summed E-state index contributed by atoms with van der Waals surface area (Å²) in [5.41, 5.74) is 4.37. The summed E-state index contributed by atoms with van der Waals surface area (Å²) in [4.78, 5) is 5.96. The van der Waals surface area contributed by atoms with E-state index in [1.54, 1.807) is 20.7 Å². The topological polar surface area (TPSA) is 53.0 Å². The van der Waals surface area contributed by atoms with E-state index in [2.05, 4.69) is 61.7 Å². The fourth-order valence-electron chi connectivity index (χ4n) is 3.17. The van der Waals surface area contributed by atoms with Crippen LogP contribution in [0.2, 0.25) is 0 Å². The number of para-hydroxylation sites is 1. The van der Waals surface area contributed by atoms with Crippen LogP contribution in [-0.2, 0) is 13.2 Å². The standard InChI is InChI=1S/C19H20N6S2/c1-13-8-14(2)10-15(9-13)25-19(26)24(21-22-25)12-23(3)11-18-20-16-6-4-5-7-17(16)27-18/h4-10H,11-12H2,1-3H3/p+1. The Morgan fingerprint density at radius 2 is 1.81 bits per heavy atom. The van der Waals surface area contributed by atoms with Gasteiger partial charge in [-0.15, -0.1) is 11.3 Å². The molecule has 0 aliphatic rings. The minimum Gasteiger partial charge on any atom is -0.313 e. The molecule has 2 aromatic carbocycles. The van der Waals surface area contributed by atoms with Crippen LogP contribution in [-0.4, -0.2) is 31.8 Å². The van der Waals surface area contributed by atoms with Crippen LogP contribution >= 0.6 is 23.6 Å². The van der Waals surface area contributed by atoms with Gasteiger partial charge in [0.2, 0.25) is 4.77 Å². The highest BCUT2D eigenvalue weighted by atomic mass is 32.1. The third kappa shape index (κ3) is 3.83. The minimum atomic E-state index is 0.601. The first-order chi connectivity index (χ1) is 13.0. The van der Waals surface area contributed by atoms with Crippen LogP contribution in [0.3, 0.4) is 0 Å². The predicted octanol–water partition coefficient (Wildman–Crippen LogP) is 2.70. The van der Waals surface area contributed by atoms with Gasteiger partial charge in [-0.05, 0) is 71.9 Å². The van der Waals surface area contributed by atoms with Crippen molar-refractivity contribution in [3.63, 3.8) is 0 Å². The summed E-state index contributed by atoms with van der Waals surface area (Å²) in [5, 5.41) is 9.64. The Bertz CT molecular complexity index is 1100. The molecule has 1 unspecified atom stereocenters. The van der Waals surface area contributed by atoms with Crippen molar-refractivity contribution in [2.24, 2.45) is 0 Å². The van der Waals surface area contributed by atoms with Crippen molar-refractivity contribution in [3.05, 3.63) is 63.4 Å². The molecular formula is C19H21N6S2+. The number of nitrogens with one attached hydrogen (secondary N) is 1. The van der Waals surface area contributed by atoms with E-state index < -0.39 is 0 Å². The largest absolute Gasteiger partial charge is 0.313 e. The van der Waals surface area contributed by atoms with Crippen LogP contribution in [0.4, 0.5) is 0 Å². The lowest BCUT2D eigenvalue weighted by molar-refractivity contribution is -0.917. The van der Waals surface area contributed by atoms with Gasteiger partial charge in [0.15, 0.2) is 6.67 Å². The Labute approximate surface area is 166 Å². The SMILES string of the molecule is Cc1cc(C)cc(-n2nnn(C[NH+](C)Cc3nc4ccccc4s3)c2=S)c1. The molecule has 0 fully saturated rings. The first-order valence-electron chi connectivity index (χ1n) is 8.77. The van der Waals surface area contributed by atoms with Gasteiger partial charge < -0.3 is 4.90 Å². The normalized spacial score (nSPS) is 12.6. The highest BCUT2D eigenvalue weighted by Gasteiger charge is 2.13. The van der Waals surface area contributed by atoms with Gasteiger partial charge in [-0.3, -0.25) is 0 Å². The summed E-state index contributed by atoms with van der Waals surface area (Å²) < 4.78 is 5.32. The molecule has 0 aliphatic carbocycles. The maximum Gasteiger partial charge on any atom is 0.225 e. The summed E-state index contributed by atoms with van der Waals surface area (Å²) in [6.45, 7) is 5.60. The van der Waals surface area contributed by atoms with E-state index in [1.807, 2.05) is 12.1 Å². The first-order valence-corrected chi connectivity index (χ1v) is 9.99. The molecule has 4 rings (SSSR count). The predicted molar refractivity (Wildman–Crippen MR) is 110 cm³/mol. The van der Waals surface area contributed by atoms with Gasteiger partial charge in [-0.2, -0.15) is 9.36 Å². The lowest BCUT2D eigenvalue weighted by Crippen LogP contribution is -3.07. The van der Waals surface area contributed by atoms with Gasteiger partial charge in [0, 0.05) is 0 Å². The van der Waals surface area contributed by atoms with E-state index in [0.29, 0.717) is 11.4 Å². The maximum absolute atomic E-state index is 5.60. The number of hydrogen-bond acceptors (Lipinski definition) is 5. The number of aromatic nitrogens is 5.